The standard InChI is InChI=1S/C20H17BrN6O2S/c1-12-24-17-8-5-14(21)9-16(17)19(28)27(12)23-11-18-25-26-20(30-18)22-10-13-3-6-15(29-2)7-4-13/h3-10,23H,11H2,1-2H3. The fourth-order valence-electron chi connectivity index (χ4n) is 2.79. The van der Waals surface area contributed by atoms with Gasteiger partial charge in [0, 0.05) is 10.7 Å². The maximum absolute atomic E-state index is 12.8. The molecule has 0 radical (unpaired) electrons. The van der Waals surface area contributed by atoms with Crippen LogP contribution in [0.2, 0.25) is 0 Å². The van der Waals surface area contributed by atoms with Gasteiger partial charge >= 0.3 is 0 Å². The van der Waals surface area contributed by atoms with Crippen molar-refractivity contribution in [3.05, 3.63) is 73.7 Å². The number of hydrogen-bond donors (Lipinski definition) is 1. The summed E-state index contributed by atoms with van der Waals surface area (Å²) in [4.78, 5) is 21.7. The summed E-state index contributed by atoms with van der Waals surface area (Å²) in [5.74, 6) is 1.36. The average Bonchev–Trinajstić information content (AvgIpc) is 3.21. The van der Waals surface area contributed by atoms with Crippen molar-refractivity contribution in [1.29, 1.82) is 0 Å². The third-order valence-corrected chi connectivity index (χ3v) is 5.61. The van der Waals surface area contributed by atoms with Crippen molar-refractivity contribution in [2.45, 2.75) is 13.5 Å². The van der Waals surface area contributed by atoms with E-state index < -0.39 is 0 Å². The Morgan fingerprint density at radius 3 is 2.80 bits per heavy atom. The second-order valence-corrected chi connectivity index (χ2v) is 8.26. The molecule has 0 amide bonds. The first-order chi connectivity index (χ1) is 14.5. The smallest absolute Gasteiger partial charge is 0.279 e. The summed E-state index contributed by atoms with van der Waals surface area (Å²) in [6, 6.07) is 13.0. The van der Waals surface area contributed by atoms with Gasteiger partial charge in [-0.25, -0.2) is 14.7 Å². The second kappa shape index (κ2) is 8.72. The van der Waals surface area contributed by atoms with Crippen LogP contribution in [0, 0.1) is 6.92 Å². The number of halogens is 1. The molecule has 30 heavy (non-hydrogen) atoms. The number of nitrogens with zero attached hydrogens (tertiary/aromatic N) is 5. The number of methoxy groups -OCH3 is 1. The number of ether oxygens (including phenoxy) is 1. The van der Waals surface area contributed by atoms with Gasteiger partial charge < -0.3 is 10.2 Å². The number of rotatable bonds is 6. The van der Waals surface area contributed by atoms with E-state index in [2.05, 4.69) is 41.5 Å². The first kappa shape index (κ1) is 20.2. The molecule has 0 spiro atoms. The summed E-state index contributed by atoms with van der Waals surface area (Å²) in [7, 11) is 1.63. The molecule has 0 aliphatic rings. The molecule has 0 atom stereocenters. The zero-order chi connectivity index (χ0) is 21.1. The number of aromatic nitrogens is 4. The van der Waals surface area contributed by atoms with Crippen molar-refractivity contribution in [3.8, 4) is 5.75 Å². The summed E-state index contributed by atoms with van der Waals surface area (Å²) >= 11 is 4.74. The molecule has 0 saturated heterocycles. The highest BCUT2D eigenvalue weighted by Crippen LogP contribution is 2.19. The SMILES string of the molecule is COc1ccc(C=Nc2nnc(CNn3c(C)nc4ccc(Br)cc4c3=O)s2)cc1. The van der Waals surface area contributed by atoms with Crippen molar-refractivity contribution in [1.82, 2.24) is 19.9 Å². The lowest BCUT2D eigenvalue weighted by molar-refractivity contribution is 0.415. The van der Waals surface area contributed by atoms with Crippen LogP contribution in [0.1, 0.15) is 16.4 Å². The Labute approximate surface area is 184 Å². The van der Waals surface area contributed by atoms with Crippen LogP contribution in [0.3, 0.4) is 0 Å². The first-order valence-corrected chi connectivity index (χ1v) is 10.6. The third-order valence-electron chi connectivity index (χ3n) is 4.28. The summed E-state index contributed by atoms with van der Waals surface area (Å²) in [5.41, 5.74) is 4.50. The average molecular weight is 485 g/mol. The van der Waals surface area contributed by atoms with Gasteiger partial charge in [-0.1, -0.05) is 27.3 Å². The van der Waals surface area contributed by atoms with Crippen LogP contribution in [-0.2, 0) is 6.54 Å². The van der Waals surface area contributed by atoms with E-state index in [0.717, 1.165) is 15.8 Å². The first-order valence-electron chi connectivity index (χ1n) is 8.97. The zero-order valence-electron chi connectivity index (χ0n) is 16.2. The van der Waals surface area contributed by atoms with Crippen molar-refractivity contribution < 1.29 is 4.74 Å². The molecule has 0 bridgehead atoms. The Hall–Kier alpha value is -3.11. The lowest BCUT2D eigenvalue weighted by Gasteiger charge is -2.12. The van der Waals surface area contributed by atoms with Gasteiger partial charge in [0.1, 0.15) is 16.6 Å². The van der Waals surface area contributed by atoms with E-state index in [9.17, 15) is 4.79 Å². The summed E-state index contributed by atoms with van der Waals surface area (Å²) in [5, 5.41) is 9.99. The molecule has 1 N–H and O–H groups in total. The van der Waals surface area contributed by atoms with Crippen LogP contribution in [0.25, 0.3) is 10.9 Å². The molecule has 2 aromatic carbocycles. The fourth-order valence-corrected chi connectivity index (χ4v) is 3.77. The molecule has 0 aliphatic heterocycles. The van der Waals surface area contributed by atoms with Gasteiger partial charge in [-0.2, -0.15) is 0 Å². The van der Waals surface area contributed by atoms with Crippen LogP contribution >= 0.6 is 27.3 Å². The number of aliphatic imine (C=N–C) groups is 1. The Balaban J connectivity index is 1.48. The van der Waals surface area contributed by atoms with Crippen LogP contribution < -0.4 is 15.7 Å². The van der Waals surface area contributed by atoms with Gasteiger partial charge in [-0.3, -0.25) is 4.79 Å². The van der Waals surface area contributed by atoms with Crippen LogP contribution in [0.15, 0.2) is 56.7 Å². The van der Waals surface area contributed by atoms with E-state index in [0.29, 0.717) is 33.4 Å². The molecular formula is C20H17BrN6O2S. The molecule has 0 saturated carbocycles. The van der Waals surface area contributed by atoms with Gasteiger partial charge in [0.2, 0.25) is 5.13 Å². The Morgan fingerprint density at radius 2 is 2.03 bits per heavy atom. The molecule has 0 fully saturated rings. The zero-order valence-corrected chi connectivity index (χ0v) is 18.6. The van der Waals surface area contributed by atoms with Crippen molar-refractivity contribution in [2.75, 3.05) is 12.5 Å². The minimum absolute atomic E-state index is 0.166. The molecule has 4 rings (SSSR count). The minimum Gasteiger partial charge on any atom is -0.497 e. The van der Waals surface area contributed by atoms with E-state index in [1.54, 1.807) is 26.3 Å². The maximum Gasteiger partial charge on any atom is 0.279 e. The van der Waals surface area contributed by atoms with E-state index in [1.807, 2.05) is 36.4 Å². The minimum atomic E-state index is -0.166. The number of fused-ring (bicyclic) bond motifs is 1. The van der Waals surface area contributed by atoms with Crippen molar-refractivity contribution in [3.63, 3.8) is 0 Å². The molecule has 0 unspecified atom stereocenters. The van der Waals surface area contributed by atoms with Gasteiger partial charge in [-0.05, 0) is 55.0 Å². The lowest BCUT2D eigenvalue weighted by Crippen LogP contribution is -2.31. The van der Waals surface area contributed by atoms with Crippen LogP contribution in [-0.4, -0.2) is 33.2 Å². The molecule has 152 valence electrons. The van der Waals surface area contributed by atoms with Crippen molar-refractivity contribution >= 4 is 49.5 Å². The summed E-state index contributed by atoms with van der Waals surface area (Å²) in [6.07, 6.45) is 1.72. The molecule has 2 heterocycles. The number of benzene rings is 2. The lowest BCUT2D eigenvalue weighted by atomic mass is 10.2. The summed E-state index contributed by atoms with van der Waals surface area (Å²) < 4.78 is 7.40. The number of aryl methyl sites for hydroxylation is 1. The quantitative estimate of drug-likeness (QED) is 0.418. The number of nitrogens with one attached hydrogen (secondary N) is 1. The van der Waals surface area contributed by atoms with E-state index in [4.69, 9.17) is 4.74 Å². The predicted molar refractivity (Wildman–Crippen MR) is 122 cm³/mol. The summed E-state index contributed by atoms with van der Waals surface area (Å²) in [6.45, 7) is 2.11. The van der Waals surface area contributed by atoms with E-state index in [-0.39, 0.29) is 5.56 Å². The molecular weight excluding hydrogens is 468 g/mol. The molecule has 4 aromatic rings. The van der Waals surface area contributed by atoms with E-state index in [1.165, 1.54) is 16.0 Å². The molecule has 8 nitrogen and oxygen atoms in total. The molecule has 2 aromatic heterocycles. The van der Waals surface area contributed by atoms with Gasteiger partial charge in [-0.15, -0.1) is 10.2 Å². The normalized spacial score (nSPS) is 11.3. The Bertz CT molecular complexity index is 1280. The van der Waals surface area contributed by atoms with Crippen LogP contribution in [0.5, 0.6) is 5.75 Å². The second-order valence-electron chi connectivity index (χ2n) is 6.31. The van der Waals surface area contributed by atoms with E-state index >= 15 is 0 Å². The highest BCUT2D eigenvalue weighted by Gasteiger charge is 2.10. The van der Waals surface area contributed by atoms with Gasteiger partial charge in [0.15, 0.2) is 0 Å². The van der Waals surface area contributed by atoms with Gasteiger partial charge in [0.25, 0.3) is 5.56 Å². The highest BCUT2D eigenvalue weighted by molar-refractivity contribution is 9.10. The highest BCUT2D eigenvalue weighted by atomic mass is 79.9. The van der Waals surface area contributed by atoms with Crippen molar-refractivity contribution in [2.24, 2.45) is 4.99 Å². The largest absolute Gasteiger partial charge is 0.497 e. The monoisotopic (exact) mass is 484 g/mol. The maximum atomic E-state index is 12.8. The Morgan fingerprint density at radius 1 is 1.23 bits per heavy atom. The van der Waals surface area contributed by atoms with Gasteiger partial charge in [0.05, 0.1) is 24.6 Å². The molecule has 0 aliphatic carbocycles. The van der Waals surface area contributed by atoms with Crippen LogP contribution in [0.4, 0.5) is 5.13 Å². The Kier molecular flexibility index (Phi) is 5.86. The number of hydrogen-bond acceptors (Lipinski definition) is 8. The fraction of sp³-hybridized carbons (Fsp3) is 0.150. The topological polar surface area (TPSA) is 94.3 Å². The third kappa shape index (κ3) is 4.39. The predicted octanol–water partition coefficient (Wildman–Crippen LogP) is 3.82. The molecule has 10 heteroatoms.